The maximum Gasteiger partial charge on any atom is 0.241 e. The molecule has 3 aromatic rings. The van der Waals surface area contributed by atoms with Crippen molar-refractivity contribution in [2.24, 2.45) is 0 Å². The van der Waals surface area contributed by atoms with Gasteiger partial charge in [0.05, 0.1) is 4.90 Å². The molecule has 0 fully saturated rings. The number of benzene rings is 2. The zero-order valence-corrected chi connectivity index (χ0v) is 18.5. The van der Waals surface area contributed by atoms with Gasteiger partial charge in [0.2, 0.25) is 10.0 Å². The maximum absolute atomic E-state index is 12.6. The molecule has 0 spiro atoms. The largest absolute Gasteiger partial charge is 0.312 e. The molecule has 0 amide bonds. The number of hydrogen-bond donors (Lipinski definition) is 2. The first-order valence-electron chi connectivity index (χ1n) is 10.1. The van der Waals surface area contributed by atoms with Gasteiger partial charge in [-0.2, -0.15) is 0 Å². The van der Waals surface area contributed by atoms with Crippen molar-refractivity contribution in [3.63, 3.8) is 0 Å². The van der Waals surface area contributed by atoms with Crippen molar-refractivity contribution in [3.05, 3.63) is 78.1 Å². The molecule has 6 heteroatoms. The first-order valence-corrected chi connectivity index (χ1v) is 11.6. The van der Waals surface area contributed by atoms with Gasteiger partial charge in [-0.25, -0.2) is 13.1 Å². The Morgan fingerprint density at radius 1 is 1.00 bits per heavy atom. The molecule has 0 radical (unpaired) electrons. The molecule has 5 nitrogen and oxygen atoms in total. The molecule has 0 atom stereocenters. The minimum Gasteiger partial charge on any atom is -0.312 e. The lowest BCUT2D eigenvalue weighted by atomic mass is 9.87. The molecule has 2 N–H and O–H groups in total. The molecule has 0 saturated heterocycles. The second-order valence-corrected chi connectivity index (χ2v) is 9.96. The Labute approximate surface area is 179 Å². The van der Waals surface area contributed by atoms with Gasteiger partial charge in [-0.05, 0) is 28.7 Å². The summed E-state index contributed by atoms with van der Waals surface area (Å²) >= 11 is 0. The van der Waals surface area contributed by atoms with Crippen LogP contribution in [-0.2, 0) is 15.4 Å². The van der Waals surface area contributed by atoms with Gasteiger partial charge in [0.1, 0.15) is 0 Å². The third-order valence-corrected chi connectivity index (χ3v) is 6.39. The van der Waals surface area contributed by atoms with Crippen LogP contribution < -0.4 is 10.0 Å². The normalized spacial score (nSPS) is 12.6. The van der Waals surface area contributed by atoms with E-state index in [9.17, 15) is 8.42 Å². The van der Waals surface area contributed by atoms with E-state index in [0.29, 0.717) is 25.0 Å². The highest BCUT2D eigenvalue weighted by Gasteiger charge is 2.16. The maximum atomic E-state index is 12.6. The van der Waals surface area contributed by atoms with Crippen LogP contribution >= 0.6 is 0 Å². The van der Waals surface area contributed by atoms with Crippen molar-refractivity contribution in [2.75, 3.05) is 19.6 Å². The number of pyridine rings is 1. The topological polar surface area (TPSA) is 71.1 Å². The van der Waals surface area contributed by atoms with Crippen molar-refractivity contribution in [3.8, 4) is 0 Å². The fourth-order valence-electron chi connectivity index (χ4n) is 3.15. The van der Waals surface area contributed by atoms with Crippen LogP contribution in [0.15, 0.2) is 71.9 Å². The lowest BCUT2D eigenvalue weighted by Crippen LogP contribution is -2.32. The lowest BCUT2D eigenvalue weighted by Gasteiger charge is -2.18. The third kappa shape index (κ3) is 5.75. The average molecular weight is 424 g/mol. The molecule has 0 aliphatic carbocycles. The van der Waals surface area contributed by atoms with Crippen molar-refractivity contribution >= 4 is 26.9 Å². The highest BCUT2D eigenvalue weighted by atomic mass is 32.2. The Morgan fingerprint density at radius 3 is 2.50 bits per heavy atom. The highest BCUT2D eigenvalue weighted by Crippen LogP contribution is 2.23. The number of fused-ring (bicyclic) bond motifs is 1. The van der Waals surface area contributed by atoms with E-state index in [2.05, 4.69) is 66.1 Å². The summed E-state index contributed by atoms with van der Waals surface area (Å²) in [5.41, 5.74) is 2.61. The quantitative estimate of drug-likeness (QED) is 0.535. The number of rotatable bonds is 8. The van der Waals surface area contributed by atoms with E-state index < -0.39 is 10.0 Å². The Morgan fingerprint density at radius 2 is 1.77 bits per heavy atom. The van der Waals surface area contributed by atoms with Crippen LogP contribution in [0.3, 0.4) is 0 Å². The van der Waals surface area contributed by atoms with E-state index in [4.69, 9.17) is 0 Å². The summed E-state index contributed by atoms with van der Waals surface area (Å²) in [4.78, 5) is 4.32. The van der Waals surface area contributed by atoms with Gasteiger partial charge in [0.15, 0.2) is 0 Å². The summed E-state index contributed by atoms with van der Waals surface area (Å²) in [6.07, 6.45) is 7.37. The van der Waals surface area contributed by atoms with E-state index in [1.165, 1.54) is 5.56 Å². The Balaban J connectivity index is 1.46. The van der Waals surface area contributed by atoms with Crippen molar-refractivity contribution in [2.45, 2.75) is 31.1 Å². The van der Waals surface area contributed by atoms with Crippen LogP contribution in [0.4, 0.5) is 0 Å². The third-order valence-electron chi connectivity index (χ3n) is 4.87. The first-order chi connectivity index (χ1) is 14.3. The van der Waals surface area contributed by atoms with E-state index in [1.807, 2.05) is 12.1 Å². The summed E-state index contributed by atoms with van der Waals surface area (Å²) in [6, 6.07) is 15.5. The predicted octanol–water partition coefficient (Wildman–Crippen LogP) is 4.11. The van der Waals surface area contributed by atoms with Gasteiger partial charge in [-0.3, -0.25) is 4.98 Å². The molecule has 0 saturated carbocycles. The van der Waals surface area contributed by atoms with Gasteiger partial charge in [-0.15, -0.1) is 0 Å². The Kier molecular flexibility index (Phi) is 7.02. The summed E-state index contributed by atoms with van der Waals surface area (Å²) in [5.74, 6) is 0. The molecule has 0 aliphatic heterocycles. The second-order valence-electron chi connectivity index (χ2n) is 8.23. The zero-order valence-electron chi connectivity index (χ0n) is 17.7. The molecule has 2 aromatic carbocycles. The van der Waals surface area contributed by atoms with Gasteiger partial charge in [-0.1, -0.05) is 69.3 Å². The van der Waals surface area contributed by atoms with Gasteiger partial charge >= 0.3 is 0 Å². The Bertz CT molecular complexity index is 1110. The lowest BCUT2D eigenvalue weighted by molar-refractivity contribution is 0.579. The summed E-state index contributed by atoms with van der Waals surface area (Å²) in [5, 5.41) is 4.71. The van der Waals surface area contributed by atoms with Crippen LogP contribution in [0.1, 0.15) is 31.9 Å². The van der Waals surface area contributed by atoms with Crippen molar-refractivity contribution in [1.29, 1.82) is 0 Å². The van der Waals surface area contributed by atoms with Crippen LogP contribution in [-0.4, -0.2) is 33.0 Å². The Hall–Kier alpha value is -2.54. The summed E-state index contributed by atoms with van der Waals surface area (Å²) < 4.78 is 28.0. The molecule has 0 unspecified atom stereocenters. The van der Waals surface area contributed by atoms with Crippen LogP contribution in [0.5, 0.6) is 0 Å². The van der Waals surface area contributed by atoms with E-state index in [0.717, 1.165) is 10.9 Å². The number of aromatic nitrogens is 1. The molecule has 1 heterocycles. The van der Waals surface area contributed by atoms with Gasteiger partial charge < -0.3 is 5.32 Å². The molecule has 0 aliphatic rings. The smallest absolute Gasteiger partial charge is 0.241 e. The van der Waals surface area contributed by atoms with Gasteiger partial charge in [0, 0.05) is 42.8 Å². The van der Waals surface area contributed by atoms with Crippen LogP contribution in [0.2, 0.25) is 0 Å². The highest BCUT2D eigenvalue weighted by molar-refractivity contribution is 7.89. The SMILES string of the molecule is CC(C)(C)c1ccc(/C=C/CNCCNS(=O)(=O)c2cccc3cnccc23)cc1. The number of nitrogens with zero attached hydrogens (tertiary/aromatic N) is 1. The summed E-state index contributed by atoms with van der Waals surface area (Å²) in [6.45, 7) is 8.13. The van der Waals surface area contributed by atoms with Crippen LogP contribution in [0, 0.1) is 0 Å². The van der Waals surface area contributed by atoms with Crippen LogP contribution in [0.25, 0.3) is 16.8 Å². The molecular formula is C24H29N3O2S. The fourth-order valence-corrected chi connectivity index (χ4v) is 4.41. The van der Waals surface area contributed by atoms with Gasteiger partial charge in [0.25, 0.3) is 0 Å². The van der Waals surface area contributed by atoms with Crippen molar-refractivity contribution in [1.82, 2.24) is 15.0 Å². The fraction of sp³-hybridized carbons (Fsp3) is 0.292. The molecule has 0 bridgehead atoms. The zero-order chi connectivity index (χ0) is 21.6. The number of hydrogen-bond acceptors (Lipinski definition) is 4. The monoisotopic (exact) mass is 423 g/mol. The number of nitrogens with one attached hydrogen (secondary N) is 2. The van der Waals surface area contributed by atoms with E-state index >= 15 is 0 Å². The second kappa shape index (κ2) is 9.51. The molecule has 1 aromatic heterocycles. The number of sulfonamides is 1. The standard InChI is InChI=1S/C24H29N3O2S/c1-24(2,3)21-11-9-19(10-12-21)6-5-14-25-16-17-27-30(28,29)23-8-4-7-20-18-26-15-13-22(20)23/h4-13,15,18,25,27H,14,16-17H2,1-3H3/b6-5+. The van der Waals surface area contributed by atoms with E-state index in [1.54, 1.807) is 30.6 Å². The van der Waals surface area contributed by atoms with E-state index in [-0.39, 0.29) is 10.3 Å². The van der Waals surface area contributed by atoms with Crippen molar-refractivity contribution < 1.29 is 8.42 Å². The molecule has 3 rings (SSSR count). The minimum absolute atomic E-state index is 0.153. The average Bonchev–Trinajstić information content (AvgIpc) is 2.72. The minimum atomic E-state index is -3.57. The predicted molar refractivity (Wildman–Crippen MR) is 124 cm³/mol. The molecule has 158 valence electrons. The summed E-state index contributed by atoms with van der Waals surface area (Å²) in [7, 11) is -3.57. The molecule has 30 heavy (non-hydrogen) atoms. The molecular weight excluding hydrogens is 394 g/mol. The first kappa shape index (κ1) is 22.2.